The summed E-state index contributed by atoms with van der Waals surface area (Å²) in [7, 11) is 0. The lowest BCUT2D eigenvalue weighted by Crippen LogP contribution is -2.47. The molecule has 26 heavy (non-hydrogen) atoms. The molecule has 0 N–H and O–H groups in total. The number of carbonyl (C=O) groups is 1. The largest absolute Gasteiger partial charge is 0.309 e. The van der Waals surface area contributed by atoms with E-state index < -0.39 is 0 Å². The summed E-state index contributed by atoms with van der Waals surface area (Å²) < 4.78 is 0. The molecule has 1 saturated heterocycles. The van der Waals surface area contributed by atoms with Gasteiger partial charge in [-0.05, 0) is 49.1 Å². The smallest absolute Gasteiger partial charge is 0.226 e. The predicted octanol–water partition coefficient (Wildman–Crippen LogP) is 5.06. The third kappa shape index (κ3) is 4.46. The SMILES string of the molecule is CCC(=O)N(c1cccc(C)c1)C1CCN(Cc2ccccc2Cl)CC1. The van der Waals surface area contributed by atoms with E-state index in [9.17, 15) is 4.79 Å². The number of anilines is 1. The molecule has 0 unspecified atom stereocenters. The van der Waals surface area contributed by atoms with Crippen LogP contribution in [0.2, 0.25) is 5.02 Å². The minimum Gasteiger partial charge on any atom is -0.309 e. The van der Waals surface area contributed by atoms with Gasteiger partial charge in [0, 0.05) is 42.8 Å². The minimum absolute atomic E-state index is 0.208. The van der Waals surface area contributed by atoms with Crippen molar-refractivity contribution in [1.82, 2.24) is 4.90 Å². The average Bonchev–Trinajstić information content (AvgIpc) is 2.65. The lowest BCUT2D eigenvalue weighted by molar-refractivity contribution is -0.119. The summed E-state index contributed by atoms with van der Waals surface area (Å²) in [5, 5.41) is 0.831. The Hall–Kier alpha value is -1.84. The van der Waals surface area contributed by atoms with Crippen LogP contribution in [0.15, 0.2) is 48.5 Å². The van der Waals surface area contributed by atoms with Crippen LogP contribution in [-0.2, 0) is 11.3 Å². The first-order valence-electron chi connectivity index (χ1n) is 9.43. The third-order valence-corrected chi connectivity index (χ3v) is 5.49. The fourth-order valence-corrected chi connectivity index (χ4v) is 3.91. The van der Waals surface area contributed by atoms with Crippen molar-refractivity contribution < 1.29 is 4.79 Å². The molecule has 0 aliphatic carbocycles. The first-order chi connectivity index (χ1) is 12.6. The van der Waals surface area contributed by atoms with Gasteiger partial charge in [0.1, 0.15) is 0 Å². The van der Waals surface area contributed by atoms with Gasteiger partial charge in [0.05, 0.1) is 0 Å². The topological polar surface area (TPSA) is 23.6 Å². The van der Waals surface area contributed by atoms with Crippen molar-refractivity contribution in [3.8, 4) is 0 Å². The van der Waals surface area contributed by atoms with Crippen LogP contribution in [-0.4, -0.2) is 29.9 Å². The van der Waals surface area contributed by atoms with E-state index in [0.717, 1.165) is 43.2 Å². The van der Waals surface area contributed by atoms with E-state index in [1.54, 1.807) is 0 Å². The molecule has 4 heteroatoms. The number of piperidine rings is 1. The zero-order chi connectivity index (χ0) is 18.5. The van der Waals surface area contributed by atoms with Crippen LogP contribution in [0.4, 0.5) is 5.69 Å². The summed E-state index contributed by atoms with van der Waals surface area (Å²) in [6.07, 6.45) is 2.52. The Morgan fingerprint density at radius 3 is 2.54 bits per heavy atom. The van der Waals surface area contributed by atoms with Crippen molar-refractivity contribution in [3.05, 3.63) is 64.7 Å². The molecule has 0 bridgehead atoms. The Kier molecular flexibility index (Phi) is 6.33. The molecule has 0 saturated carbocycles. The van der Waals surface area contributed by atoms with E-state index >= 15 is 0 Å². The Bertz CT molecular complexity index is 753. The van der Waals surface area contributed by atoms with Crippen molar-refractivity contribution in [2.75, 3.05) is 18.0 Å². The Morgan fingerprint density at radius 1 is 1.15 bits per heavy atom. The van der Waals surface area contributed by atoms with E-state index in [2.05, 4.69) is 36.1 Å². The van der Waals surface area contributed by atoms with Gasteiger partial charge in [-0.1, -0.05) is 48.9 Å². The van der Waals surface area contributed by atoms with Crippen LogP contribution in [0, 0.1) is 6.92 Å². The number of nitrogens with zero attached hydrogens (tertiary/aromatic N) is 2. The summed E-state index contributed by atoms with van der Waals surface area (Å²) in [4.78, 5) is 17.1. The fourth-order valence-electron chi connectivity index (χ4n) is 3.71. The van der Waals surface area contributed by atoms with Gasteiger partial charge in [-0.2, -0.15) is 0 Å². The number of rotatable bonds is 5. The van der Waals surface area contributed by atoms with Crippen LogP contribution in [0.3, 0.4) is 0 Å². The first-order valence-corrected chi connectivity index (χ1v) is 9.80. The van der Waals surface area contributed by atoms with Crippen LogP contribution in [0.25, 0.3) is 0 Å². The maximum absolute atomic E-state index is 12.6. The van der Waals surface area contributed by atoms with Crippen LogP contribution in [0.1, 0.15) is 37.3 Å². The highest BCUT2D eigenvalue weighted by Gasteiger charge is 2.28. The van der Waals surface area contributed by atoms with Gasteiger partial charge in [-0.25, -0.2) is 0 Å². The molecule has 1 aliphatic heterocycles. The standard InChI is InChI=1S/C22H27ClN2O/c1-3-22(26)25(20-9-6-7-17(2)15-20)19-11-13-24(14-12-19)16-18-8-4-5-10-21(18)23/h4-10,15,19H,3,11-14,16H2,1-2H3. The third-order valence-electron chi connectivity index (χ3n) is 5.13. The van der Waals surface area contributed by atoms with Crippen molar-refractivity contribution in [2.24, 2.45) is 0 Å². The molecule has 1 amide bonds. The first kappa shape index (κ1) is 18.9. The minimum atomic E-state index is 0.208. The number of likely N-dealkylation sites (tertiary alicyclic amines) is 1. The average molecular weight is 371 g/mol. The Morgan fingerprint density at radius 2 is 1.88 bits per heavy atom. The summed E-state index contributed by atoms with van der Waals surface area (Å²) in [5.41, 5.74) is 3.39. The molecule has 138 valence electrons. The number of halogens is 1. The van der Waals surface area contributed by atoms with Gasteiger partial charge in [0.25, 0.3) is 0 Å². The van der Waals surface area contributed by atoms with E-state index in [0.29, 0.717) is 6.42 Å². The quantitative estimate of drug-likeness (QED) is 0.734. The van der Waals surface area contributed by atoms with Gasteiger partial charge >= 0.3 is 0 Å². The molecule has 0 aromatic heterocycles. The highest BCUT2D eigenvalue weighted by molar-refractivity contribution is 6.31. The van der Waals surface area contributed by atoms with Crippen molar-refractivity contribution in [3.63, 3.8) is 0 Å². The van der Waals surface area contributed by atoms with Crippen LogP contribution in [0.5, 0.6) is 0 Å². The normalized spacial score (nSPS) is 15.8. The summed E-state index contributed by atoms with van der Waals surface area (Å²) >= 11 is 6.30. The molecule has 1 heterocycles. The summed E-state index contributed by atoms with van der Waals surface area (Å²) in [6.45, 7) is 6.85. The van der Waals surface area contributed by atoms with E-state index in [-0.39, 0.29) is 11.9 Å². The van der Waals surface area contributed by atoms with Gasteiger partial charge in [0.15, 0.2) is 0 Å². The Balaban J connectivity index is 1.68. The molecule has 1 fully saturated rings. The van der Waals surface area contributed by atoms with Crippen molar-refractivity contribution in [2.45, 2.75) is 45.7 Å². The van der Waals surface area contributed by atoms with Gasteiger partial charge in [0.2, 0.25) is 5.91 Å². The molecule has 0 radical (unpaired) electrons. The zero-order valence-electron chi connectivity index (χ0n) is 15.6. The number of hydrogen-bond acceptors (Lipinski definition) is 2. The molecular formula is C22H27ClN2O. The highest BCUT2D eigenvalue weighted by atomic mass is 35.5. The molecule has 1 aliphatic rings. The maximum atomic E-state index is 12.6. The molecule has 0 spiro atoms. The van der Waals surface area contributed by atoms with Crippen molar-refractivity contribution >= 4 is 23.2 Å². The van der Waals surface area contributed by atoms with Gasteiger partial charge in [-0.15, -0.1) is 0 Å². The molecule has 3 rings (SSSR count). The highest BCUT2D eigenvalue weighted by Crippen LogP contribution is 2.27. The monoisotopic (exact) mass is 370 g/mol. The van der Waals surface area contributed by atoms with Gasteiger partial charge < -0.3 is 4.90 Å². The number of carbonyl (C=O) groups excluding carboxylic acids is 1. The lowest BCUT2D eigenvalue weighted by atomic mass is 10.0. The van der Waals surface area contributed by atoms with Crippen molar-refractivity contribution in [1.29, 1.82) is 0 Å². The second-order valence-corrected chi connectivity index (χ2v) is 7.46. The van der Waals surface area contributed by atoms with E-state index in [4.69, 9.17) is 11.6 Å². The lowest BCUT2D eigenvalue weighted by Gasteiger charge is -2.38. The summed E-state index contributed by atoms with van der Waals surface area (Å²) in [5.74, 6) is 0.208. The number of aryl methyl sites for hydroxylation is 1. The number of hydrogen-bond donors (Lipinski definition) is 0. The molecule has 3 nitrogen and oxygen atoms in total. The van der Waals surface area contributed by atoms with E-state index in [1.165, 1.54) is 11.1 Å². The second kappa shape index (κ2) is 8.70. The summed E-state index contributed by atoms with van der Waals surface area (Å²) in [6, 6.07) is 16.6. The fraction of sp³-hybridized carbons (Fsp3) is 0.409. The van der Waals surface area contributed by atoms with E-state index in [1.807, 2.05) is 36.1 Å². The van der Waals surface area contributed by atoms with Gasteiger partial charge in [-0.3, -0.25) is 9.69 Å². The number of amides is 1. The molecule has 0 atom stereocenters. The molecule has 2 aromatic carbocycles. The zero-order valence-corrected chi connectivity index (χ0v) is 16.4. The number of benzene rings is 2. The molecular weight excluding hydrogens is 344 g/mol. The van der Waals surface area contributed by atoms with Crippen LogP contribution >= 0.6 is 11.6 Å². The Labute approximate surface area is 161 Å². The maximum Gasteiger partial charge on any atom is 0.226 e. The predicted molar refractivity (Wildman–Crippen MR) is 109 cm³/mol. The van der Waals surface area contributed by atoms with Crippen LogP contribution < -0.4 is 4.90 Å². The second-order valence-electron chi connectivity index (χ2n) is 7.06. The molecule has 2 aromatic rings.